The van der Waals surface area contributed by atoms with Crippen LogP contribution in [0.25, 0.3) is 71.6 Å². The minimum atomic E-state index is 1.09. The van der Waals surface area contributed by atoms with Gasteiger partial charge in [0.05, 0.1) is 16.7 Å². The molecule has 254 valence electrons. The van der Waals surface area contributed by atoms with E-state index in [9.17, 15) is 0 Å². The van der Waals surface area contributed by atoms with E-state index in [1.54, 1.807) is 0 Å². The van der Waals surface area contributed by atoms with Gasteiger partial charge in [0.15, 0.2) is 0 Å². The molecule has 0 atom stereocenters. The van der Waals surface area contributed by atoms with Gasteiger partial charge in [0.1, 0.15) is 0 Å². The molecule has 9 aromatic carbocycles. The molecule has 0 N–H and O–H groups in total. The minimum absolute atomic E-state index is 1.09. The van der Waals surface area contributed by atoms with Crippen molar-refractivity contribution in [3.63, 3.8) is 0 Å². The van der Waals surface area contributed by atoms with Crippen LogP contribution in [0.2, 0.25) is 0 Å². The number of aromatic nitrogens is 1. The zero-order valence-electron chi connectivity index (χ0n) is 29.7. The van der Waals surface area contributed by atoms with Gasteiger partial charge in [-0.15, -0.1) is 0 Å². The summed E-state index contributed by atoms with van der Waals surface area (Å²) in [7, 11) is 0. The summed E-state index contributed by atoms with van der Waals surface area (Å²) < 4.78 is 2.38. The molecule has 54 heavy (non-hydrogen) atoms. The standard InChI is InChI=1S/C52H36N2/c1-3-13-37(14-4-1)38-23-25-39(26-24-38)40-27-29-42(30-28-40)53(52-36-35-45(41-15-5-2-6-16-41)46-17-7-8-18-47(46)52)43-31-33-44(34-32-43)54-50-21-11-9-19-48(50)49-20-10-12-22-51(49)54/h1-36H. The van der Waals surface area contributed by atoms with Crippen LogP contribution in [-0.4, -0.2) is 4.57 Å². The van der Waals surface area contributed by atoms with Crippen LogP contribution in [0, 0.1) is 0 Å². The molecule has 0 saturated carbocycles. The van der Waals surface area contributed by atoms with Crippen LogP contribution in [0.3, 0.4) is 0 Å². The first-order valence-corrected chi connectivity index (χ1v) is 18.5. The molecule has 0 aliphatic carbocycles. The fourth-order valence-electron chi connectivity index (χ4n) is 8.01. The van der Waals surface area contributed by atoms with E-state index in [1.807, 2.05) is 0 Å². The Morgan fingerprint density at radius 3 is 1.24 bits per heavy atom. The van der Waals surface area contributed by atoms with E-state index < -0.39 is 0 Å². The maximum absolute atomic E-state index is 2.40. The third-order valence-electron chi connectivity index (χ3n) is 10.6. The predicted molar refractivity (Wildman–Crippen MR) is 229 cm³/mol. The molecule has 10 aromatic rings. The van der Waals surface area contributed by atoms with Crippen molar-refractivity contribution in [3.05, 3.63) is 218 Å². The Morgan fingerprint density at radius 2 is 0.685 bits per heavy atom. The Kier molecular flexibility index (Phi) is 7.85. The Balaban J connectivity index is 1.09. The summed E-state index contributed by atoms with van der Waals surface area (Å²) in [6.07, 6.45) is 0. The van der Waals surface area contributed by atoms with Crippen LogP contribution in [-0.2, 0) is 0 Å². The number of benzene rings is 9. The van der Waals surface area contributed by atoms with E-state index >= 15 is 0 Å². The lowest BCUT2D eigenvalue weighted by Crippen LogP contribution is -2.11. The molecule has 0 radical (unpaired) electrons. The number of nitrogens with zero attached hydrogens (tertiary/aromatic N) is 2. The van der Waals surface area contributed by atoms with E-state index in [2.05, 4.69) is 228 Å². The van der Waals surface area contributed by atoms with Gasteiger partial charge in [-0.25, -0.2) is 0 Å². The molecule has 0 aliphatic heterocycles. The van der Waals surface area contributed by atoms with Crippen molar-refractivity contribution < 1.29 is 0 Å². The van der Waals surface area contributed by atoms with Crippen molar-refractivity contribution in [1.29, 1.82) is 0 Å². The van der Waals surface area contributed by atoms with E-state index in [0.717, 1.165) is 22.7 Å². The largest absolute Gasteiger partial charge is 0.310 e. The van der Waals surface area contributed by atoms with Gasteiger partial charge in [0, 0.05) is 33.2 Å². The first-order valence-electron chi connectivity index (χ1n) is 18.5. The van der Waals surface area contributed by atoms with Crippen LogP contribution < -0.4 is 4.90 Å². The molecule has 1 aromatic heterocycles. The molecule has 2 nitrogen and oxygen atoms in total. The number of rotatable bonds is 7. The van der Waals surface area contributed by atoms with Gasteiger partial charge in [-0.1, -0.05) is 164 Å². The third-order valence-corrected chi connectivity index (χ3v) is 10.6. The highest BCUT2D eigenvalue weighted by Crippen LogP contribution is 2.43. The summed E-state index contributed by atoms with van der Waals surface area (Å²) in [4.78, 5) is 2.40. The lowest BCUT2D eigenvalue weighted by atomic mass is 9.96. The number of hydrogen-bond donors (Lipinski definition) is 0. The highest BCUT2D eigenvalue weighted by atomic mass is 15.1. The third kappa shape index (κ3) is 5.53. The van der Waals surface area contributed by atoms with Crippen molar-refractivity contribution in [3.8, 4) is 39.1 Å². The van der Waals surface area contributed by atoms with Gasteiger partial charge in [0.25, 0.3) is 0 Å². The summed E-state index contributed by atoms with van der Waals surface area (Å²) in [5.41, 5.74) is 14.1. The average Bonchev–Trinajstić information content (AvgIpc) is 3.59. The molecule has 0 spiro atoms. The van der Waals surface area contributed by atoms with E-state index in [0.29, 0.717) is 0 Å². The first kappa shape index (κ1) is 31.6. The van der Waals surface area contributed by atoms with Crippen molar-refractivity contribution in [2.24, 2.45) is 0 Å². The van der Waals surface area contributed by atoms with E-state index in [4.69, 9.17) is 0 Å². The van der Waals surface area contributed by atoms with Gasteiger partial charge in [0.2, 0.25) is 0 Å². The summed E-state index contributed by atoms with van der Waals surface area (Å²) in [6.45, 7) is 0. The number of para-hydroxylation sites is 2. The quantitative estimate of drug-likeness (QED) is 0.162. The van der Waals surface area contributed by atoms with Crippen molar-refractivity contribution in [2.75, 3.05) is 4.90 Å². The second-order valence-corrected chi connectivity index (χ2v) is 13.8. The minimum Gasteiger partial charge on any atom is -0.310 e. The molecule has 10 rings (SSSR count). The fraction of sp³-hybridized carbons (Fsp3) is 0. The Morgan fingerprint density at radius 1 is 0.278 bits per heavy atom. The SMILES string of the molecule is c1ccc(-c2ccc(-c3ccc(N(c4ccc(-n5c6ccccc6c6ccccc65)cc4)c4ccc(-c5ccccc5)c5ccccc45)cc3)cc2)cc1. The average molecular weight is 689 g/mol. The number of anilines is 3. The van der Waals surface area contributed by atoms with Gasteiger partial charge >= 0.3 is 0 Å². The van der Waals surface area contributed by atoms with Gasteiger partial charge in [-0.2, -0.15) is 0 Å². The summed E-state index contributed by atoms with van der Waals surface area (Å²) >= 11 is 0. The Hall–Kier alpha value is -7.16. The van der Waals surface area contributed by atoms with Gasteiger partial charge in [-0.05, 0) is 93.4 Å². The van der Waals surface area contributed by atoms with E-state index in [-0.39, 0.29) is 0 Å². The van der Waals surface area contributed by atoms with Crippen LogP contribution in [0.1, 0.15) is 0 Å². The smallest absolute Gasteiger partial charge is 0.0541 e. The Bertz CT molecular complexity index is 2830. The first-order chi connectivity index (χ1) is 26.8. The van der Waals surface area contributed by atoms with Gasteiger partial charge in [-0.3, -0.25) is 0 Å². The molecule has 2 heteroatoms. The maximum Gasteiger partial charge on any atom is 0.0541 e. The lowest BCUT2D eigenvalue weighted by molar-refractivity contribution is 1.17. The van der Waals surface area contributed by atoms with Gasteiger partial charge < -0.3 is 9.47 Å². The summed E-state index contributed by atoms with van der Waals surface area (Å²) in [6, 6.07) is 78.8. The highest BCUT2D eigenvalue weighted by molar-refractivity contribution is 6.09. The molecule has 0 saturated heterocycles. The maximum atomic E-state index is 2.40. The normalized spacial score (nSPS) is 11.3. The van der Waals surface area contributed by atoms with Crippen LogP contribution in [0.15, 0.2) is 218 Å². The highest BCUT2D eigenvalue weighted by Gasteiger charge is 2.19. The topological polar surface area (TPSA) is 8.17 Å². The molecule has 0 amide bonds. The second kappa shape index (κ2) is 13.4. The molecular weight excluding hydrogens is 653 g/mol. The molecule has 0 unspecified atom stereocenters. The zero-order chi connectivity index (χ0) is 35.8. The lowest BCUT2D eigenvalue weighted by Gasteiger charge is -2.28. The predicted octanol–water partition coefficient (Wildman–Crippen LogP) is 14.4. The monoisotopic (exact) mass is 688 g/mol. The molecule has 0 aliphatic rings. The number of hydrogen-bond acceptors (Lipinski definition) is 1. The van der Waals surface area contributed by atoms with E-state index in [1.165, 1.54) is 66.0 Å². The Labute approximate surface area is 315 Å². The van der Waals surface area contributed by atoms with Crippen LogP contribution in [0.5, 0.6) is 0 Å². The molecule has 0 fully saturated rings. The zero-order valence-corrected chi connectivity index (χ0v) is 29.7. The van der Waals surface area contributed by atoms with Crippen molar-refractivity contribution in [1.82, 2.24) is 4.57 Å². The second-order valence-electron chi connectivity index (χ2n) is 13.8. The number of fused-ring (bicyclic) bond motifs is 4. The molecular formula is C52H36N2. The summed E-state index contributed by atoms with van der Waals surface area (Å²) in [5, 5.41) is 4.95. The molecule has 1 heterocycles. The van der Waals surface area contributed by atoms with Crippen molar-refractivity contribution in [2.45, 2.75) is 0 Å². The molecule has 0 bridgehead atoms. The van der Waals surface area contributed by atoms with Crippen LogP contribution >= 0.6 is 0 Å². The van der Waals surface area contributed by atoms with Crippen molar-refractivity contribution >= 4 is 49.6 Å². The summed E-state index contributed by atoms with van der Waals surface area (Å²) in [5.74, 6) is 0. The van der Waals surface area contributed by atoms with Crippen LogP contribution in [0.4, 0.5) is 17.1 Å². The fourth-order valence-corrected chi connectivity index (χ4v) is 8.01.